The fourth-order valence-corrected chi connectivity index (χ4v) is 3.37. The first-order chi connectivity index (χ1) is 11.9. The Bertz CT molecular complexity index is 598. The van der Waals surface area contributed by atoms with Gasteiger partial charge in [-0.2, -0.15) is 4.98 Å². The maximum Gasteiger partial charge on any atom is 0.241 e. The molecule has 0 aliphatic carbocycles. The van der Waals surface area contributed by atoms with E-state index < -0.39 is 0 Å². The summed E-state index contributed by atoms with van der Waals surface area (Å²) < 4.78 is 22.3. The lowest BCUT2D eigenvalue weighted by atomic mass is 10.2. The fourth-order valence-electron chi connectivity index (χ4n) is 3.37. The van der Waals surface area contributed by atoms with E-state index in [1.807, 2.05) is 12.1 Å². The van der Waals surface area contributed by atoms with Gasteiger partial charge in [0, 0.05) is 26.3 Å². The van der Waals surface area contributed by atoms with E-state index in [2.05, 4.69) is 15.0 Å². The summed E-state index contributed by atoms with van der Waals surface area (Å²) in [7, 11) is 0. The Morgan fingerprint density at radius 1 is 1.08 bits per heavy atom. The molecule has 0 N–H and O–H groups in total. The number of hydrogen-bond acceptors (Lipinski definition) is 7. The molecule has 2 aromatic heterocycles. The van der Waals surface area contributed by atoms with E-state index in [0.717, 1.165) is 52.0 Å². The van der Waals surface area contributed by atoms with E-state index in [4.69, 9.17) is 18.4 Å². The SMILES string of the molecule is c1coc(-c2noc(CN(C[C@@H]3CCCO3)C[C@@H]3CCCO3)n2)c1. The monoisotopic (exact) mass is 333 g/mol. The average Bonchev–Trinajstić information content (AvgIpc) is 3.37. The molecule has 130 valence electrons. The van der Waals surface area contributed by atoms with Gasteiger partial charge in [0.25, 0.3) is 0 Å². The molecule has 2 aromatic rings. The van der Waals surface area contributed by atoms with E-state index >= 15 is 0 Å². The van der Waals surface area contributed by atoms with Crippen molar-refractivity contribution in [2.24, 2.45) is 0 Å². The van der Waals surface area contributed by atoms with Gasteiger partial charge in [-0.1, -0.05) is 5.16 Å². The molecule has 2 atom stereocenters. The number of furan rings is 1. The molecular weight excluding hydrogens is 310 g/mol. The molecule has 2 saturated heterocycles. The zero-order valence-corrected chi connectivity index (χ0v) is 13.7. The quantitative estimate of drug-likeness (QED) is 0.770. The predicted octanol–water partition coefficient (Wildman–Crippen LogP) is 2.49. The summed E-state index contributed by atoms with van der Waals surface area (Å²) in [4.78, 5) is 6.76. The second kappa shape index (κ2) is 7.46. The van der Waals surface area contributed by atoms with Gasteiger partial charge in [0.15, 0.2) is 5.76 Å². The first-order valence-corrected chi connectivity index (χ1v) is 8.69. The highest BCUT2D eigenvalue weighted by molar-refractivity contribution is 5.44. The van der Waals surface area contributed by atoms with E-state index in [1.165, 1.54) is 0 Å². The van der Waals surface area contributed by atoms with Crippen molar-refractivity contribution >= 4 is 0 Å². The predicted molar refractivity (Wildman–Crippen MR) is 85.2 cm³/mol. The van der Waals surface area contributed by atoms with Crippen LogP contribution in [0.4, 0.5) is 0 Å². The summed E-state index contributed by atoms with van der Waals surface area (Å²) in [5.74, 6) is 1.70. The molecule has 2 aliphatic heterocycles. The van der Waals surface area contributed by atoms with Gasteiger partial charge in [0.2, 0.25) is 11.7 Å². The molecule has 4 heterocycles. The van der Waals surface area contributed by atoms with E-state index in [0.29, 0.717) is 36.2 Å². The topological polar surface area (TPSA) is 73.8 Å². The number of rotatable bonds is 7. The zero-order valence-electron chi connectivity index (χ0n) is 13.7. The molecular formula is C17H23N3O4. The Morgan fingerprint density at radius 2 is 1.83 bits per heavy atom. The second-order valence-corrected chi connectivity index (χ2v) is 6.45. The maximum atomic E-state index is 5.79. The number of nitrogens with zero attached hydrogens (tertiary/aromatic N) is 3. The molecule has 0 spiro atoms. The van der Waals surface area contributed by atoms with Crippen molar-refractivity contribution < 1.29 is 18.4 Å². The smallest absolute Gasteiger partial charge is 0.241 e. The molecule has 0 aromatic carbocycles. The van der Waals surface area contributed by atoms with Crippen LogP contribution < -0.4 is 0 Å². The van der Waals surface area contributed by atoms with Crippen LogP contribution in [0.1, 0.15) is 31.6 Å². The van der Waals surface area contributed by atoms with Crippen molar-refractivity contribution in [3.63, 3.8) is 0 Å². The second-order valence-electron chi connectivity index (χ2n) is 6.45. The molecule has 2 fully saturated rings. The summed E-state index contributed by atoms with van der Waals surface area (Å²) in [5.41, 5.74) is 0. The lowest BCUT2D eigenvalue weighted by Gasteiger charge is -2.26. The van der Waals surface area contributed by atoms with Gasteiger partial charge < -0.3 is 18.4 Å². The maximum absolute atomic E-state index is 5.79. The third-order valence-corrected chi connectivity index (χ3v) is 4.54. The van der Waals surface area contributed by atoms with Gasteiger partial charge in [-0.25, -0.2) is 0 Å². The van der Waals surface area contributed by atoms with Gasteiger partial charge in [-0.05, 0) is 37.8 Å². The van der Waals surface area contributed by atoms with Gasteiger partial charge in [0.05, 0.1) is 25.0 Å². The number of aromatic nitrogens is 2. The van der Waals surface area contributed by atoms with E-state index in [9.17, 15) is 0 Å². The third kappa shape index (κ3) is 3.85. The minimum absolute atomic E-state index is 0.291. The molecule has 0 bridgehead atoms. The average molecular weight is 333 g/mol. The van der Waals surface area contributed by atoms with Crippen LogP contribution in [-0.4, -0.2) is 53.6 Å². The largest absolute Gasteiger partial charge is 0.461 e. The van der Waals surface area contributed by atoms with Crippen molar-refractivity contribution in [3.8, 4) is 11.6 Å². The molecule has 7 heteroatoms. The van der Waals surface area contributed by atoms with Crippen molar-refractivity contribution in [2.45, 2.75) is 44.4 Å². The highest BCUT2D eigenvalue weighted by Crippen LogP contribution is 2.20. The highest BCUT2D eigenvalue weighted by Gasteiger charge is 2.25. The van der Waals surface area contributed by atoms with Crippen LogP contribution in [0.2, 0.25) is 0 Å². The first-order valence-electron chi connectivity index (χ1n) is 8.69. The van der Waals surface area contributed by atoms with Crippen LogP contribution in [0, 0.1) is 0 Å². The van der Waals surface area contributed by atoms with Gasteiger partial charge in [-0.15, -0.1) is 0 Å². The van der Waals surface area contributed by atoms with Crippen LogP contribution in [0.15, 0.2) is 27.3 Å². The summed E-state index contributed by atoms with van der Waals surface area (Å²) in [6.07, 6.45) is 6.70. The Labute approximate surface area is 140 Å². The molecule has 4 rings (SSSR count). The van der Waals surface area contributed by atoms with Gasteiger partial charge in [-0.3, -0.25) is 4.90 Å². The van der Waals surface area contributed by atoms with Crippen molar-refractivity contribution in [3.05, 3.63) is 24.3 Å². The van der Waals surface area contributed by atoms with Gasteiger partial charge >= 0.3 is 0 Å². The minimum atomic E-state index is 0.291. The number of hydrogen-bond donors (Lipinski definition) is 0. The first kappa shape index (κ1) is 15.8. The molecule has 0 saturated carbocycles. The number of ether oxygens (including phenoxy) is 2. The summed E-state index contributed by atoms with van der Waals surface area (Å²) in [6, 6.07) is 3.64. The van der Waals surface area contributed by atoms with Crippen LogP contribution in [0.5, 0.6) is 0 Å². The standard InChI is InChI=1S/C17H23N3O4/c1-4-13(21-7-1)10-20(11-14-5-2-8-22-14)12-16-18-17(19-24-16)15-6-3-9-23-15/h3,6,9,13-14H,1-2,4-5,7-8,10-12H2/t13-,14-/m0/s1. The Balaban J connectivity index is 1.41. The summed E-state index contributed by atoms with van der Waals surface area (Å²) in [5, 5.41) is 4.01. The molecule has 0 radical (unpaired) electrons. The fraction of sp³-hybridized carbons (Fsp3) is 0.647. The van der Waals surface area contributed by atoms with Crippen molar-refractivity contribution in [2.75, 3.05) is 26.3 Å². The Morgan fingerprint density at radius 3 is 2.42 bits per heavy atom. The summed E-state index contributed by atoms with van der Waals surface area (Å²) in [6.45, 7) is 4.08. The molecule has 0 amide bonds. The Hall–Kier alpha value is -1.70. The summed E-state index contributed by atoms with van der Waals surface area (Å²) >= 11 is 0. The highest BCUT2D eigenvalue weighted by atomic mass is 16.5. The van der Waals surface area contributed by atoms with Gasteiger partial charge in [0.1, 0.15) is 0 Å². The molecule has 0 unspecified atom stereocenters. The van der Waals surface area contributed by atoms with Crippen molar-refractivity contribution in [1.82, 2.24) is 15.0 Å². The Kier molecular flexibility index (Phi) is 4.91. The van der Waals surface area contributed by atoms with Crippen molar-refractivity contribution in [1.29, 1.82) is 0 Å². The molecule has 7 nitrogen and oxygen atoms in total. The van der Waals surface area contributed by atoms with Crippen LogP contribution in [-0.2, 0) is 16.0 Å². The minimum Gasteiger partial charge on any atom is -0.461 e. The normalized spacial score (nSPS) is 24.2. The molecule has 2 aliphatic rings. The third-order valence-electron chi connectivity index (χ3n) is 4.54. The zero-order chi connectivity index (χ0) is 16.2. The van der Waals surface area contributed by atoms with Crippen LogP contribution >= 0.6 is 0 Å². The lowest BCUT2D eigenvalue weighted by Crippen LogP contribution is -2.37. The molecule has 24 heavy (non-hydrogen) atoms. The van der Waals surface area contributed by atoms with Crippen LogP contribution in [0.3, 0.4) is 0 Å². The van der Waals surface area contributed by atoms with Crippen LogP contribution in [0.25, 0.3) is 11.6 Å². The van der Waals surface area contributed by atoms with E-state index in [-0.39, 0.29) is 0 Å². The lowest BCUT2D eigenvalue weighted by molar-refractivity contribution is 0.0309. The van der Waals surface area contributed by atoms with E-state index in [1.54, 1.807) is 6.26 Å².